The van der Waals surface area contributed by atoms with Crippen LogP contribution in [0.15, 0.2) is 24.2 Å². The molecule has 0 spiro atoms. The molecule has 96 valence electrons. The van der Waals surface area contributed by atoms with E-state index in [1.807, 2.05) is 22.1 Å². The molecular weight excluding hydrogens is 246 g/mol. The Morgan fingerprint density at radius 3 is 2.83 bits per heavy atom. The van der Waals surface area contributed by atoms with Crippen LogP contribution in [0, 0.1) is 0 Å². The molecule has 4 nitrogen and oxygen atoms in total. The monoisotopic (exact) mass is 263 g/mol. The van der Waals surface area contributed by atoms with E-state index in [9.17, 15) is 4.79 Å². The van der Waals surface area contributed by atoms with Crippen molar-refractivity contribution in [1.29, 1.82) is 0 Å². The van der Waals surface area contributed by atoms with Crippen LogP contribution in [0.5, 0.6) is 0 Å². The van der Waals surface area contributed by atoms with Crippen LogP contribution >= 0.6 is 11.3 Å². The third-order valence-electron chi connectivity index (χ3n) is 2.77. The van der Waals surface area contributed by atoms with Crippen molar-refractivity contribution in [2.75, 3.05) is 11.4 Å². The van der Waals surface area contributed by atoms with E-state index >= 15 is 0 Å². The maximum Gasteiger partial charge on any atom is 0.196 e. The van der Waals surface area contributed by atoms with Crippen LogP contribution in [0.25, 0.3) is 4.96 Å². The van der Waals surface area contributed by atoms with Crippen LogP contribution in [0.3, 0.4) is 0 Å². The van der Waals surface area contributed by atoms with Crippen molar-refractivity contribution in [3.05, 3.63) is 29.9 Å². The van der Waals surface area contributed by atoms with Gasteiger partial charge in [-0.2, -0.15) is 0 Å². The summed E-state index contributed by atoms with van der Waals surface area (Å²) in [6.07, 6.45) is 4.56. The van der Waals surface area contributed by atoms with E-state index in [-0.39, 0.29) is 5.54 Å². The molecule has 0 aromatic carbocycles. The first-order valence-corrected chi connectivity index (χ1v) is 6.66. The van der Waals surface area contributed by atoms with Crippen LogP contribution in [-0.4, -0.2) is 27.8 Å². The normalized spacial score (nSPS) is 11.7. The average Bonchev–Trinajstić information content (AvgIpc) is 2.83. The lowest BCUT2D eigenvalue weighted by Crippen LogP contribution is -2.42. The number of anilines is 1. The van der Waals surface area contributed by atoms with Crippen molar-refractivity contribution in [3.8, 4) is 0 Å². The Morgan fingerprint density at radius 1 is 1.56 bits per heavy atom. The minimum atomic E-state index is -0.115. The van der Waals surface area contributed by atoms with E-state index in [1.165, 1.54) is 11.3 Å². The Balaban J connectivity index is 2.59. The van der Waals surface area contributed by atoms with Gasteiger partial charge in [-0.1, -0.05) is 6.08 Å². The number of imidazole rings is 1. The lowest BCUT2D eigenvalue weighted by Gasteiger charge is -2.35. The predicted molar refractivity (Wildman–Crippen MR) is 75.8 cm³/mol. The van der Waals surface area contributed by atoms with Crippen molar-refractivity contribution >= 4 is 28.4 Å². The smallest absolute Gasteiger partial charge is 0.196 e. The molecule has 0 N–H and O–H groups in total. The molecule has 5 heteroatoms. The molecule has 0 amide bonds. The molecule has 0 radical (unpaired) electrons. The summed E-state index contributed by atoms with van der Waals surface area (Å²) in [4.78, 5) is 18.8. The Hall–Kier alpha value is -1.62. The SMILES string of the molecule is C=CCN(c1nc2sccn2c1C=O)C(C)(C)C. The summed E-state index contributed by atoms with van der Waals surface area (Å²) in [5.74, 6) is 0.726. The fraction of sp³-hybridized carbons (Fsp3) is 0.385. The second kappa shape index (κ2) is 4.57. The van der Waals surface area contributed by atoms with Crippen LogP contribution in [0.2, 0.25) is 0 Å². The van der Waals surface area contributed by atoms with E-state index in [0.29, 0.717) is 12.2 Å². The Bertz CT molecular complexity index is 577. The molecule has 2 aromatic rings. The van der Waals surface area contributed by atoms with E-state index in [0.717, 1.165) is 17.1 Å². The standard InChI is InChI=1S/C13H17N3OS/c1-5-6-16(13(2,3)4)11-10(9-17)15-7-8-18-12(15)14-11/h5,7-9H,1,6H2,2-4H3. The molecule has 0 fully saturated rings. The van der Waals surface area contributed by atoms with Gasteiger partial charge in [0, 0.05) is 23.7 Å². The molecule has 0 bridgehead atoms. The number of carbonyl (C=O) groups is 1. The molecule has 2 rings (SSSR count). The van der Waals surface area contributed by atoms with E-state index in [4.69, 9.17) is 0 Å². The Morgan fingerprint density at radius 2 is 2.28 bits per heavy atom. The van der Waals surface area contributed by atoms with Crippen molar-refractivity contribution in [2.24, 2.45) is 0 Å². The number of hydrogen-bond donors (Lipinski definition) is 0. The molecule has 0 aliphatic rings. The second-order valence-corrected chi connectivity index (χ2v) is 5.94. The number of thiazole rings is 1. The zero-order chi connectivity index (χ0) is 13.3. The van der Waals surface area contributed by atoms with Gasteiger partial charge in [0.1, 0.15) is 5.69 Å². The van der Waals surface area contributed by atoms with Gasteiger partial charge in [0.2, 0.25) is 0 Å². The summed E-state index contributed by atoms with van der Waals surface area (Å²) in [6, 6.07) is 0. The van der Waals surface area contributed by atoms with Gasteiger partial charge >= 0.3 is 0 Å². The molecule has 2 aromatic heterocycles. The summed E-state index contributed by atoms with van der Waals surface area (Å²) in [7, 11) is 0. The van der Waals surface area contributed by atoms with Crippen molar-refractivity contribution in [1.82, 2.24) is 9.38 Å². The first kappa shape index (κ1) is 12.8. The first-order chi connectivity index (χ1) is 8.49. The number of fused-ring (bicyclic) bond motifs is 1. The van der Waals surface area contributed by atoms with Crippen LogP contribution < -0.4 is 4.90 Å². The van der Waals surface area contributed by atoms with Crippen molar-refractivity contribution < 1.29 is 4.79 Å². The largest absolute Gasteiger partial charge is 0.346 e. The summed E-state index contributed by atoms with van der Waals surface area (Å²) < 4.78 is 1.83. The Kier molecular flexibility index (Phi) is 3.26. The number of carbonyl (C=O) groups excluding carboxylic acids is 1. The molecular formula is C13H17N3OS. The summed E-state index contributed by atoms with van der Waals surface area (Å²) in [5, 5.41) is 1.92. The molecule has 0 aliphatic heterocycles. The number of hydrogen-bond acceptors (Lipinski definition) is 4. The van der Waals surface area contributed by atoms with Gasteiger partial charge < -0.3 is 4.90 Å². The summed E-state index contributed by atoms with van der Waals surface area (Å²) in [5.41, 5.74) is 0.485. The van der Waals surface area contributed by atoms with E-state index in [2.05, 4.69) is 37.2 Å². The lowest BCUT2D eigenvalue weighted by molar-refractivity contribution is 0.111. The molecule has 0 atom stereocenters. The maximum atomic E-state index is 11.3. The zero-order valence-electron chi connectivity index (χ0n) is 10.9. The van der Waals surface area contributed by atoms with Gasteiger partial charge in [0.05, 0.1) is 0 Å². The third kappa shape index (κ3) is 2.06. The van der Waals surface area contributed by atoms with E-state index in [1.54, 1.807) is 0 Å². The number of rotatable bonds is 4. The minimum absolute atomic E-state index is 0.115. The van der Waals surface area contributed by atoms with Gasteiger partial charge in [-0.3, -0.25) is 9.20 Å². The molecule has 0 saturated heterocycles. The first-order valence-electron chi connectivity index (χ1n) is 5.78. The summed E-state index contributed by atoms with van der Waals surface area (Å²) in [6.45, 7) is 10.7. The Labute approximate surface area is 111 Å². The average molecular weight is 263 g/mol. The predicted octanol–water partition coefficient (Wildman–Crippen LogP) is 3.00. The maximum absolute atomic E-state index is 11.3. The fourth-order valence-electron chi connectivity index (χ4n) is 1.91. The number of aldehydes is 1. The topological polar surface area (TPSA) is 37.6 Å². The number of aromatic nitrogens is 2. The quantitative estimate of drug-likeness (QED) is 0.628. The van der Waals surface area contributed by atoms with Gasteiger partial charge in [0.15, 0.2) is 17.1 Å². The fourth-order valence-corrected chi connectivity index (χ4v) is 2.62. The van der Waals surface area contributed by atoms with Crippen molar-refractivity contribution in [2.45, 2.75) is 26.3 Å². The lowest BCUT2D eigenvalue weighted by atomic mass is 10.1. The van der Waals surface area contributed by atoms with Gasteiger partial charge in [-0.15, -0.1) is 17.9 Å². The second-order valence-electron chi connectivity index (χ2n) is 5.06. The zero-order valence-corrected chi connectivity index (χ0v) is 11.7. The van der Waals surface area contributed by atoms with Gasteiger partial charge in [0.25, 0.3) is 0 Å². The molecule has 18 heavy (non-hydrogen) atoms. The minimum Gasteiger partial charge on any atom is -0.346 e. The van der Waals surface area contributed by atoms with E-state index < -0.39 is 0 Å². The van der Waals surface area contributed by atoms with Crippen LogP contribution in [-0.2, 0) is 0 Å². The van der Waals surface area contributed by atoms with Crippen molar-refractivity contribution in [3.63, 3.8) is 0 Å². The summed E-state index contributed by atoms with van der Waals surface area (Å²) >= 11 is 1.52. The number of nitrogens with zero attached hydrogens (tertiary/aromatic N) is 3. The molecule has 0 unspecified atom stereocenters. The van der Waals surface area contributed by atoms with Gasteiger partial charge in [-0.25, -0.2) is 4.98 Å². The molecule has 2 heterocycles. The third-order valence-corrected chi connectivity index (χ3v) is 3.52. The molecule has 0 aliphatic carbocycles. The highest BCUT2D eigenvalue weighted by atomic mass is 32.1. The van der Waals surface area contributed by atoms with Gasteiger partial charge in [-0.05, 0) is 20.8 Å². The van der Waals surface area contributed by atoms with Crippen LogP contribution in [0.1, 0.15) is 31.3 Å². The van der Waals surface area contributed by atoms with Crippen LogP contribution in [0.4, 0.5) is 5.82 Å². The highest BCUT2D eigenvalue weighted by Crippen LogP contribution is 2.28. The molecule has 0 saturated carbocycles. The highest BCUT2D eigenvalue weighted by Gasteiger charge is 2.26. The highest BCUT2D eigenvalue weighted by molar-refractivity contribution is 7.15.